The molecular formula is C41H42N4O6S. The number of carbonyl (C=O) groups excluding carboxylic acids is 2. The van der Waals surface area contributed by atoms with Crippen LogP contribution in [0.5, 0.6) is 0 Å². The van der Waals surface area contributed by atoms with Gasteiger partial charge in [-0.05, 0) is 64.6 Å². The van der Waals surface area contributed by atoms with Gasteiger partial charge in [-0.25, -0.2) is 0 Å². The van der Waals surface area contributed by atoms with Gasteiger partial charge in [-0.3, -0.25) is 9.59 Å². The molecule has 1 saturated heterocycles. The monoisotopic (exact) mass is 718 g/mol. The second-order valence-electron chi connectivity index (χ2n) is 12.6. The van der Waals surface area contributed by atoms with Crippen molar-refractivity contribution in [1.29, 1.82) is 0 Å². The average Bonchev–Trinajstić information content (AvgIpc) is 3.18. The minimum Gasteiger partial charge on any atom is -0.618 e. The first-order chi connectivity index (χ1) is 25.3. The number of nitrogens with one attached hydrogen (secondary N) is 2. The molecule has 0 bridgehead atoms. The molecule has 0 saturated carbocycles. The Kier molecular flexibility index (Phi) is 12.5. The second kappa shape index (κ2) is 17.8. The summed E-state index contributed by atoms with van der Waals surface area (Å²) in [5.41, 5.74) is 12.5. The highest BCUT2D eigenvalue weighted by Crippen LogP contribution is 2.40. The molecule has 5 N–H and O–H groups in total. The molecule has 0 radical (unpaired) electrons. The molecule has 1 aliphatic heterocycles. The normalized spacial score (nSPS) is 17.0. The largest absolute Gasteiger partial charge is 0.618 e. The lowest BCUT2D eigenvalue weighted by Crippen LogP contribution is -2.32. The molecular weight excluding hydrogens is 677 g/mol. The number of nitrogen functional groups attached to an aromatic ring is 1. The van der Waals surface area contributed by atoms with E-state index in [2.05, 4.69) is 16.7 Å². The number of aromatic nitrogens is 1. The van der Waals surface area contributed by atoms with Gasteiger partial charge in [0.15, 0.2) is 12.5 Å². The Morgan fingerprint density at radius 1 is 0.827 bits per heavy atom. The number of aliphatic hydroxyl groups is 1. The first-order valence-electron chi connectivity index (χ1n) is 17.3. The molecule has 10 nitrogen and oxygen atoms in total. The van der Waals surface area contributed by atoms with E-state index >= 15 is 0 Å². The maximum atomic E-state index is 12.6. The number of ether oxygens (including phenoxy) is 2. The number of amides is 2. The molecule has 2 amide bonds. The maximum absolute atomic E-state index is 12.6. The number of para-hydroxylation sites is 2. The van der Waals surface area contributed by atoms with Crippen molar-refractivity contribution in [2.45, 2.75) is 62.4 Å². The average molecular weight is 719 g/mol. The van der Waals surface area contributed by atoms with Crippen LogP contribution in [0, 0.1) is 5.21 Å². The summed E-state index contributed by atoms with van der Waals surface area (Å²) in [5, 5.41) is 28.2. The number of anilines is 2. The lowest BCUT2D eigenvalue weighted by molar-refractivity contribution is -0.645. The van der Waals surface area contributed by atoms with Crippen LogP contribution in [-0.4, -0.2) is 28.8 Å². The zero-order valence-electron chi connectivity index (χ0n) is 28.7. The number of carbonyl (C=O) groups is 2. The van der Waals surface area contributed by atoms with Crippen molar-refractivity contribution in [2.24, 2.45) is 0 Å². The van der Waals surface area contributed by atoms with Crippen molar-refractivity contribution in [3.63, 3.8) is 0 Å². The summed E-state index contributed by atoms with van der Waals surface area (Å²) in [6.07, 6.45) is 1.87. The molecule has 52 heavy (non-hydrogen) atoms. The van der Waals surface area contributed by atoms with E-state index in [0.29, 0.717) is 41.5 Å². The number of nitrogens with zero attached hydrogens (tertiary/aromatic N) is 1. The highest BCUT2D eigenvalue weighted by Gasteiger charge is 2.33. The molecule has 0 spiro atoms. The van der Waals surface area contributed by atoms with E-state index in [-0.39, 0.29) is 43.5 Å². The molecule has 1 aliphatic rings. The van der Waals surface area contributed by atoms with E-state index in [9.17, 15) is 19.9 Å². The molecule has 5 aromatic rings. The van der Waals surface area contributed by atoms with Gasteiger partial charge in [-0.15, -0.1) is 0 Å². The quantitative estimate of drug-likeness (QED) is 0.0423. The lowest BCUT2D eigenvalue weighted by Gasteiger charge is -2.36. The summed E-state index contributed by atoms with van der Waals surface area (Å²) in [4.78, 5) is 24.9. The molecule has 1 fully saturated rings. The Labute approximate surface area is 307 Å². The van der Waals surface area contributed by atoms with Crippen LogP contribution in [0.1, 0.15) is 60.3 Å². The summed E-state index contributed by atoms with van der Waals surface area (Å²) < 4.78 is 13.9. The summed E-state index contributed by atoms with van der Waals surface area (Å²) >= 11 is 1.45. The summed E-state index contributed by atoms with van der Waals surface area (Å²) in [6.45, 7) is 0.324. The number of hydrogen-bond donors (Lipinski definition) is 4. The van der Waals surface area contributed by atoms with Crippen LogP contribution in [0.25, 0.3) is 11.1 Å². The van der Waals surface area contributed by atoms with E-state index in [1.807, 2.05) is 72.8 Å². The van der Waals surface area contributed by atoms with E-state index < -0.39 is 6.29 Å². The molecule has 11 heteroatoms. The van der Waals surface area contributed by atoms with Gasteiger partial charge in [0.05, 0.1) is 30.2 Å². The Bertz CT molecular complexity index is 1970. The van der Waals surface area contributed by atoms with Crippen molar-refractivity contribution in [3.8, 4) is 11.1 Å². The number of hydrogen-bond acceptors (Lipinski definition) is 8. The number of benzene rings is 4. The standard InChI is InChI=1S/C41H42N4O6S/c42-35-12-1-2-13-36(35)44-39(48)15-7-14-38(47)43-25-29-8-5-9-31(22-29)32-10-6-11-33(23-32)41-50-34(27-52-40-16-3-4-21-45(40)49)24-37(51-41)30-19-17-28(26-46)18-20-30/h1-6,8-13,16-23,34,37,41,46H,7,14-15,24-27,42H2,(H,43,47)(H,44,48)/t34-,37+,41+/m0/s1. The van der Waals surface area contributed by atoms with Gasteiger partial charge in [0.1, 0.15) is 0 Å². The van der Waals surface area contributed by atoms with Gasteiger partial charge in [0.2, 0.25) is 11.8 Å². The predicted octanol–water partition coefficient (Wildman–Crippen LogP) is 6.82. The Balaban J connectivity index is 1.08. The van der Waals surface area contributed by atoms with Gasteiger partial charge in [-0.2, -0.15) is 4.73 Å². The number of rotatable bonds is 14. The Hall–Kier alpha value is -5.20. The fourth-order valence-corrected chi connectivity index (χ4v) is 6.91. The van der Waals surface area contributed by atoms with Crippen LogP contribution in [0.3, 0.4) is 0 Å². The van der Waals surface area contributed by atoms with Crippen molar-refractivity contribution in [1.82, 2.24) is 5.32 Å². The zero-order chi connectivity index (χ0) is 36.3. The molecule has 2 heterocycles. The van der Waals surface area contributed by atoms with Gasteiger partial charge in [0.25, 0.3) is 5.03 Å². The van der Waals surface area contributed by atoms with Crippen LogP contribution in [0.4, 0.5) is 11.4 Å². The zero-order valence-corrected chi connectivity index (χ0v) is 29.5. The number of nitrogens with two attached hydrogens (primary N) is 1. The van der Waals surface area contributed by atoms with E-state index in [1.54, 1.807) is 36.4 Å². The van der Waals surface area contributed by atoms with Gasteiger partial charge in [0, 0.05) is 49.3 Å². The van der Waals surface area contributed by atoms with E-state index in [0.717, 1.165) is 38.1 Å². The Morgan fingerprint density at radius 2 is 1.58 bits per heavy atom. The summed E-state index contributed by atoms with van der Waals surface area (Å²) in [5.74, 6) is 0.257. The first kappa shape index (κ1) is 36.6. The maximum Gasteiger partial charge on any atom is 0.251 e. The van der Waals surface area contributed by atoms with Crippen LogP contribution >= 0.6 is 11.8 Å². The summed E-state index contributed by atoms with van der Waals surface area (Å²) in [6, 6.07) is 36.2. The first-order valence-corrected chi connectivity index (χ1v) is 18.2. The van der Waals surface area contributed by atoms with Crippen LogP contribution in [0.15, 0.2) is 126 Å². The van der Waals surface area contributed by atoms with Crippen molar-refractivity contribution < 1.29 is 28.9 Å². The molecule has 0 unspecified atom stereocenters. The third kappa shape index (κ3) is 9.98. The van der Waals surface area contributed by atoms with Gasteiger partial charge < -0.3 is 36.2 Å². The molecule has 268 valence electrons. The molecule has 4 aromatic carbocycles. The number of thioether (sulfide) groups is 1. The van der Waals surface area contributed by atoms with Crippen LogP contribution < -0.4 is 21.1 Å². The minimum atomic E-state index is -0.647. The summed E-state index contributed by atoms with van der Waals surface area (Å²) in [7, 11) is 0. The van der Waals surface area contributed by atoms with Crippen LogP contribution in [-0.2, 0) is 32.2 Å². The van der Waals surface area contributed by atoms with E-state index in [1.165, 1.54) is 18.0 Å². The third-order valence-corrected chi connectivity index (χ3v) is 9.92. The van der Waals surface area contributed by atoms with Crippen molar-refractivity contribution >= 4 is 35.0 Å². The SMILES string of the molecule is Nc1ccccc1NC(=O)CCCC(=O)NCc1cccc(-c2cccc([C@@H]3O[C@H](CSc4cccc[n+]4[O-])C[C@H](c4ccc(CO)cc4)O3)c2)c1. The van der Waals surface area contributed by atoms with Gasteiger partial charge >= 0.3 is 0 Å². The lowest BCUT2D eigenvalue weighted by atomic mass is 9.99. The third-order valence-electron chi connectivity index (χ3n) is 8.77. The van der Waals surface area contributed by atoms with Crippen LogP contribution in [0.2, 0.25) is 0 Å². The van der Waals surface area contributed by atoms with Gasteiger partial charge in [-0.1, -0.05) is 84.6 Å². The van der Waals surface area contributed by atoms with E-state index in [4.69, 9.17) is 15.2 Å². The smallest absolute Gasteiger partial charge is 0.251 e. The van der Waals surface area contributed by atoms with Crippen molar-refractivity contribution in [3.05, 3.63) is 149 Å². The number of aliphatic hydroxyl groups excluding tert-OH is 1. The predicted molar refractivity (Wildman–Crippen MR) is 202 cm³/mol. The molecule has 0 aliphatic carbocycles. The Morgan fingerprint density at radius 3 is 2.37 bits per heavy atom. The molecule has 3 atom stereocenters. The number of pyridine rings is 1. The topological polar surface area (TPSA) is 150 Å². The minimum absolute atomic E-state index is 0.0321. The van der Waals surface area contributed by atoms with Crippen molar-refractivity contribution in [2.75, 3.05) is 16.8 Å². The fourth-order valence-electron chi connectivity index (χ4n) is 5.97. The highest BCUT2D eigenvalue weighted by atomic mass is 32.2. The molecule has 6 rings (SSSR count). The second-order valence-corrected chi connectivity index (χ2v) is 13.7. The molecule has 1 aromatic heterocycles. The fraction of sp³-hybridized carbons (Fsp3) is 0.244. The highest BCUT2D eigenvalue weighted by molar-refractivity contribution is 7.99.